The van der Waals surface area contributed by atoms with Gasteiger partial charge in [-0.05, 0) is 56.2 Å². The molecule has 0 unspecified atom stereocenters. The Labute approximate surface area is 184 Å². The minimum Gasteiger partial charge on any atom is -0.347 e. The van der Waals surface area contributed by atoms with Crippen LogP contribution in [0, 0.1) is 12.7 Å². The summed E-state index contributed by atoms with van der Waals surface area (Å²) < 4.78 is 13.1. The predicted octanol–water partition coefficient (Wildman–Crippen LogP) is 4.64. The molecule has 3 aromatic rings. The second kappa shape index (κ2) is 10.2. The highest BCUT2D eigenvalue weighted by Gasteiger charge is 2.15. The molecule has 0 fully saturated rings. The molecule has 0 bridgehead atoms. The minimum atomic E-state index is -0.276. The fraction of sp³-hybridized carbons (Fsp3) is 0.261. The van der Waals surface area contributed by atoms with Crippen molar-refractivity contribution in [3.63, 3.8) is 0 Å². The van der Waals surface area contributed by atoms with Crippen LogP contribution in [-0.2, 0) is 13.0 Å². The number of nitrogens with zero attached hydrogens (tertiary/aromatic N) is 1. The number of carbonyl (C=O) groups is 2. The van der Waals surface area contributed by atoms with Gasteiger partial charge in [-0.2, -0.15) is 0 Å². The van der Waals surface area contributed by atoms with Gasteiger partial charge in [0.15, 0.2) is 0 Å². The van der Waals surface area contributed by atoms with E-state index in [9.17, 15) is 14.0 Å². The second-order valence-corrected chi connectivity index (χ2v) is 8.54. The van der Waals surface area contributed by atoms with E-state index in [2.05, 4.69) is 20.9 Å². The molecule has 0 radical (unpaired) electrons. The molecule has 3 amide bonds. The fourth-order valence-corrected chi connectivity index (χ4v) is 3.93. The molecule has 1 aromatic heterocycles. The zero-order valence-electron chi connectivity index (χ0n) is 17.7. The zero-order valence-corrected chi connectivity index (χ0v) is 18.5. The van der Waals surface area contributed by atoms with E-state index < -0.39 is 0 Å². The number of aromatic nitrogens is 1. The number of benzene rings is 2. The quantitative estimate of drug-likeness (QED) is 0.500. The van der Waals surface area contributed by atoms with Gasteiger partial charge in [0.25, 0.3) is 5.91 Å². The van der Waals surface area contributed by atoms with E-state index in [1.54, 1.807) is 24.3 Å². The number of hydrogen-bond acceptors (Lipinski definition) is 4. The highest BCUT2D eigenvalue weighted by Crippen LogP contribution is 2.21. The van der Waals surface area contributed by atoms with Crippen molar-refractivity contribution in [3.05, 3.63) is 81.1 Å². The summed E-state index contributed by atoms with van der Waals surface area (Å²) in [6, 6.07) is 13.4. The number of rotatable bonds is 7. The zero-order chi connectivity index (χ0) is 22.4. The number of thiazole rings is 1. The van der Waals surface area contributed by atoms with Crippen molar-refractivity contribution < 1.29 is 14.0 Å². The maximum absolute atomic E-state index is 13.1. The lowest BCUT2D eigenvalue weighted by atomic mass is 10.1. The molecule has 0 aliphatic heterocycles. The molecule has 8 heteroatoms. The van der Waals surface area contributed by atoms with Crippen molar-refractivity contribution in [2.24, 2.45) is 0 Å². The van der Waals surface area contributed by atoms with Gasteiger partial charge in [0.05, 0.1) is 10.7 Å². The van der Waals surface area contributed by atoms with Crippen molar-refractivity contribution >= 4 is 29.0 Å². The summed E-state index contributed by atoms with van der Waals surface area (Å²) in [7, 11) is 0. The van der Waals surface area contributed by atoms with E-state index in [-0.39, 0.29) is 23.8 Å². The van der Waals surface area contributed by atoms with Crippen LogP contribution in [0.4, 0.5) is 14.9 Å². The molecule has 0 atom stereocenters. The van der Waals surface area contributed by atoms with Gasteiger partial charge in [0.1, 0.15) is 10.7 Å². The Hall–Kier alpha value is -3.26. The van der Waals surface area contributed by atoms with E-state index in [0.717, 1.165) is 16.1 Å². The third-order valence-electron chi connectivity index (χ3n) is 4.40. The first kappa shape index (κ1) is 22.4. The lowest BCUT2D eigenvalue weighted by molar-refractivity contribution is 0.0954. The van der Waals surface area contributed by atoms with Crippen LogP contribution in [0.3, 0.4) is 0 Å². The number of aryl methyl sites for hydroxylation is 1. The van der Waals surface area contributed by atoms with E-state index >= 15 is 0 Å². The lowest BCUT2D eigenvalue weighted by Crippen LogP contribution is -2.34. The molecule has 3 rings (SSSR count). The Bertz CT molecular complexity index is 1050. The Morgan fingerprint density at radius 3 is 2.32 bits per heavy atom. The van der Waals surface area contributed by atoms with Crippen molar-refractivity contribution in [2.75, 3.05) is 5.32 Å². The summed E-state index contributed by atoms with van der Waals surface area (Å²) in [5, 5.41) is 9.24. The first-order valence-electron chi connectivity index (χ1n) is 9.95. The molecule has 0 aliphatic carbocycles. The number of hydrogen-bond donors (Lipinski definition) is 3. The summed E-state index contributed by atoms with van der Waals surface area (Å²) >= 11 is 1.34. The number of urea groups is 1. The van der Waals surface area contributed by atoms with Crippen LogP contribution in [0.2, 0.25) is 0 Å². The summed E-state index contributed by atoms with van der Waals surface area (Å²) in [5.74, 6) is -0.458. The largest absolute Gasteiger partial charge is 0.347 e. The van der Waals surface area contributed by atoms with E-state index in [1.807, 2.05) is 32.9 Å². The van der Waals surface area contributed by atoms with Crippen LogP contribution in [0.15, 0.2) is 48.5 Å². The SMILES string of the molecule is Cc1nc(Cc2ccc(F)cc2)sc1C(=O)NCc1ccc(NC(=O)NC(C)C)cc1. The van der Waals surface area contributed by atoms with Crippen LogP contribution in [0.1, 0.15) is 45.3 Å². The van der Waals surface area contributed by atoms with Gasteiger partial charge in [-0.25, -0.2) is 14.2 Å². The fourth-order valence-electron chi connectivity index (χ4n) is 2.91. The molecular weight excluding hydrogens is 415 g/mol. The third-order valence-corrected chi connectivity index (χ3v) is 5.56. The summed E-state index contributed by atoms with van der Waals surface area (Å²) in [5.41, 5.74) is 3.21. The summed E-state index contributed by atoms with van der Waals surface area (Å²) in [6.45, 7) is 5.95. The molecule has 3 N–H and O–H groups in total. The molecule has 6 nitrogen and oxygen atoms in total. The molecule has 0 spiro atoms. The Kier molecular flexibility index (Phi) is 7.36. The van der Waals surface area contributed by atoms with Crippen molar-refractivity contribution in [2.45, 2.75) is 39.8 Å². The van der Waals surface area contributed by atoms with Gasteiger partial charge in [-0.1, -0.05) is 24.3 Å². The number of nitrogens with one attached hydrogen (secondary N) is 3. The topological polar surface area (TPSA) is 83.1 Å². The van der Waals surface area contributed by atoms with Crippen LogP contribution in [-0.4, -0.2) is 23.0 Å². The maximum Gasteiger partial charge on any atom is 0.319 e. The molecule has 162 valence electrons. The molecule has 2 aromatic carbocycles. The normalized spacial score (nSPS) is 10.7. The minimum absolute atomic E-state index is 0.0564. The number of halogens is 1. The van der Waals surface area contributed by atoms with Crippen molar-refractivity contribution in [3.8, 4) is 0 Å². The Balaban J connectivity index is 1.55. The third kappa shape index (κ3) is 6.62. The highest BCUT2D eigenvalue weighted by atomic mass is 32.1. The Morgan fingerprint density at radius 2 is 1.68 bits per heavy atom. The molecule has 1 heterocycles. The van der Waals surface area contributed by atoms with Crippen molar-refractivity contribution in [1.82, 2.24) is 15.6 Å². The summed E-state index contributed by atoms with van der Waals surface area (Å²) in [4.78, 5) is 29.4. The highest BCUT2D eigenvalue weighted by molar-refractivity contribution is 7.13. The lowest BCUT2D eigenvalue weighted by Gasteiger charge is -2.10. The molecule has 0 saturated heterocycles. The van der Waals surface area contributed by atoms with E-state index in [4.69, 9.17) is 0 Å². The number of anilines is 1. The van der Waals surface area contributed by atoms with Gasteiger partial charge < -0.3 is 16.0 Å². The standard InChI is InChI=1S/C23H25FN4O2S/c1-14(2)26-23(30)28-19-10-6-17(7-11-19)13-25-22(29)21-15(3)27-20(31-21)12-16-4-8-18(24)9-5-16/h4-11,14H,12-13H2,1-3H3,(H,25,29)(H2,26,28,30). The van der Waals surface area contributed by atoms with E-state index in [0.29, 0.717) is 29.2 Å². The molecule has 31 heavy (non-hydrogen) atoms. The van der Waals surface area contributed by atoms with Crippen LogP contribution < -0.4 is 16.0 Å². The van der Waals surface area contributed by atoms with Gasteiger partial charge in [0.2, 0.25) is 0 Å². The van der Waals surface area contributed by atoms with Crippen LogP contribution in [0.25, 0.3) is 0 Å². The first-order valence-corrected chi connectivity index (χ1v) is 10.8. The second-order valence-electron chi connectivity index (χ2n) is 7.46. The average Bonchev–Trinajstić information content (AvgIpc) is 3.08. The molecule has 0 saturated carbocycles. The molecular formula is C23H25FN4O2S. The predicted molar refractivity (Wildman–Crippen MR) is 121 cm³/mol. The van der Waals surface area contributed by atoms with E-state index in [1.165, 1.54) is 23.5 Å². The van der Waals surface area contributed by atoms with Gasteiger partial charge in [-0.15, -0.1) is 11.3 Å². The van der Waals surface area contributed by atoms with Crippen LogP contribution in [0.5, 0.6) is 0 Å². The van der Waals surface area contributed by atoms with Gasteiger partial charge >= 0.3 is 6.03 Å². The number of carbonyl (C=O) groups excluding carboxylic acids is 2. The summed E-state index contributed by atoms with van der Waals surface area (Å²) in [6.07, 6.45) is 0.553. The number of amides is 3. The van der Waals surface area contributed by atoms with Gasteiger partial charge in [0, 0.05) is 24.7 Å². The first-order chi connectivity index (χ1) is 14.8. The monoisotopic (exact) mass is 440 g/mol. The maximum atomic E-state index is 13.1. The molecule has 0 aliphatic rings. The smallest absolute Gasteiger partial charge is 0.319 e. The van der Waals surface area contributed by atoms with Crippen molar-refractivity contribution in [1.29, 1.82) is 0 Å². The average molecular weight is 441 g/mol. The van der Waals surface area contributed by atoms with Gasteiger partial charge in [-0.3, -0.25) is 4.79 Å². The Morgan fingerprint density at radius 1 is 1.03 bits per heavy atom. The van der Waals surface area contributed by atoms with Crippen LogP contribution >= 0.6 is 11.3 Å².